The van der Waals surface area contributed by atoms with Crippen molar-refractivity contribution in [2.24, 2.45) is 0 Å². The predicted molar refractivity (Wildman–Crippen MR) is 242 cm³/mol. The van der Waals surface area contributed by atoms with Crippen molar-refractivity contribution in [2.45, 2.75) is 0 Å². The summed E-state index contributed by atoms with van der Waals surface area (Å²) in [4.78, 5) is 15.5. The second kappa shape index (κ2) is 12.8. The van der Waals surface area contributed by atoms with Gasteiger partial charge in [0.2, 0.25) is 0 Å². The van der Waals surface area contributed by atoms with Crippen LogP contribution in [0.4, 0.5) is 0 Å². The highest BCUT2D eigenvalue weighted by Gasteiger charge is 2.19. The van der Waals surface area contributed by atoms with E-state index < -0.39 is 0 Å². The molecule has 0 atom stereocenters. The summed E-state index contributed by atoms with van der Waals surface area (Å²) in [5, 5.41) is 7.40. The highest BCUT2D eigenvalue weighted by molar-refractivity contribution is 7.26. The first-order valence-electron chi connectivity index (χ1n) is 19.0. The van der Waals surface area contributed by atoms with Crippen LogP contribution in [-0.4, -0.2) is 19.5 Å². The molecule has 0 fully saturated rings. The Hall–Kier alpha value is -6.99. The van der Waals surface area contributed by atoms with Gasteiger partial charge in [-0.15, -0.1) is 22.7 Å². The van der Waals surface area contributed by atoms with Gasteiger partial charge in [0, 0.05) is 73.5 Å². The first-order chi connectivity index (χ1) is 28.2. The fraction of sp³-hybridized carbons (Fsp3) is 0. The van der Waals surface area contributed by atoms with Gasteiger partial charge in [0.1, 0.15) is 0 Å². The fourth-order valence-corrected chi connectivity index (χ4v) is 10.8. The Bertz CT molecular complexity index is 3530. The third-order valence-electron chi connectivity index (χ3n) is 11.1. The molecule has 0 amide bonds. The maximum Gasteiger partial charge on any atom is 0.164 e. The largest absolute Gasteiger partial charge is 0.309 e. The Labute approximate surface area is 335 Å². The van der Waals surface area contributed by atoms with E-state index in [1.165, 1.54) is 73.3 Å². The van der Waals surface area contributed by atoms with E-state index >= 15 is 0 Å². The molecule has 4 heterocycles. The van der Waals surface area contributed by atoms with Gasteiger partial charge in [0.15, 0.2) is 17.5 Å². The van der Waals surface area contributed by atoms with E-state index in [0.717, 1.165) is 22.4 Å². The Morgan fingerprint density at radius 2 is 0.912 bits per heavy atom. The molecular formula is C51H30N4S2. The molecule has 0 bridgehead atoms. The van der Waals surface area contributed by atoms with Crippen molar-refractivity contribution >= 4 is 84.8 Å². The standard InChI is InChI=1S/C51H30N4S2/c1-3-13-31(14-4-1)49-52-50(54-51(53-49)39-20-12-24-45-48(39)37-18-8-10-22-43(37)56-45)33-25-27-38-46(30-33)57-44-23-11-19-35(47(38)44)32-26-28-42-40(29-32)36-17-7-9-21-41(36)55(42)34-15-5-2-6-16-34/h1-30H. The van der Waals surface area contributed by atoms with Gasteiger partial charge in [-0.05, 0) is 65.7 Å². The summed E-state index contributed by atoms with van der Waals surface area (Å²) in [5.41, 5.74) is 8.95. The van der Waals surface area contributed by atoms with Gasteiger partial charge < -0.3 is 4.57 Å². The van der Waals surface area contributed by atoms with Gasteiger partial charge >= 0.3 is 0 Å². The molecule has 0 aliphatic rings. The molecule has 0 saturated heterocycles. The molecule has 266 valence electrons. The quantitative estimate of drug-likeness (QED) is 0.175. The number of para-hydroxylation sites is 2. The lowest BCUT2D eigenvalue weighted by molar-refractivity contribution is 1.08. The van der Waals surface area contributed by atoms with Crippen LogP contribution in [0, 0.1) is 0 Å². The number of nitrogens with zero attached hydrogens (tertiary/aromatic N) is 4. The average molecular weight is 763 g/mol. The predicted octanol–water partition coefficient (Wildman–Crippen LogP) is 14.4. The zero-order valence-corrected chi connectivity index (χ0v) is 32.1. The Kier molecular flexibility index (Phi) is 7.24. The van der Waals surface area contributed by atoms with E-state index in [4.69, 9.17) is 15.0 Å². The molecule has 6 heteroatoms. The van der Waals surface area contributed by atoms with Crippen LogP contribution in [0.2, 0.25) is 0 Å². The van der Waals surface area contributed by atoms with Gasteiger partial charge in [-0.2, -0.15) is 0 Å². The molecule has 0 unspecified atom stereocenters. The van der Waals surface area contributed by atoms with E-state index in [1.807, 2.05) is 29.5 Å². The maximum absolute atomic E-state index is 5.22. The third-order valence-corrected chi connectivity index (χ3v) is 13.3. The lowest BCUT2D eigenvalue weighted by Crippen LogP contribution is -2.00. The van der Waals surface area contributed by atoms with E-state index in [-0.39, 0.29) is 0 Å². The van der Waals surface area contributed by atoms with Gasteiger partial charge in [0.25, 0.3) is 0 Å². The second-order valence-corrected chi connectivity index (χ2v) is 16.5. The van der Waals surface area contributed by atoms with Crippen LogP contribution in [-0.2, 0) is 0 Å². The summed E-state index contributed by atoms with van der Waals surface area (Å²) < 4.78 is 7.30. The number of thiophene rings is 2. The van der Waals surface area contributed by atoms with E-state index in [0.29, 0.717) is 17.5 Å². The Balaban J connectivity index is 1.02. The lowest BCUT2D eigenvalue weighted by atomic mass is 9.97. The van der Waals surface area contributed by atoms with Crippen LogP contribution in [0.1, 0.15) is 0 Å². The monoisotopic (exact) mass is 762 g/mol. The minimum absolute atomic E-state index is 0.662. The van der Waals surface area contributed by atoms with Crippen molar-refractivity contribution < 1.29 is 0 Å². The van der Waals surface area contributed by atoms with Crippen molar-refractivity contribution in [1.82, 2.24) is 19.5 Å². The normalized spacial score (nSPS) is 11.9. The highest BCUT2D eigenvalue weighted by atomic mass is 32.1. The number of benzene rings is 8. The highest BCUT2D eigenvalue weighted by Crippen LogP contribution is 2.44. The summed E-state index contributed by atoms with van der Waals surface area (Å²) in [6, 6.07) is 64.9. The van der Waals surface area contributed by atoms with Gasteiger partial charge in [-0.25, -0.2) is 15.0 Å². The summed E-state index contributed by atoms with van der Waals surface area (Å²) in [6.45, 7) is 0. The number of hydrogen-bond acceptors (Lipinski definition) is 5. The average Bonchev–Trinajstić information content (AvgIpc) is 3.96. The number of aromatic nitrogens is 4. The van der Waals surface area contributed by atoms with E-state index in [2.05, 4.69) is 168 Å². The molecule has 0 spiro atoms. The first-order valence-corrected chi connectivity index (χ1v) is 20.7. The molecule has 4 nitrogen and oxygen atoms in total. The third kappa shape index (κ3) is 5.15. The smallest absolute Gasteiger partial charge is 0.164 e. The summed E-state index contributed by atoms with van der Waals surface area (Å²) in [7, 11) is 0. The van der Waals surface area contributed by atoms with Gasteiger partial charge in [0.05, 0.1) is 11.0 Å². The topological polar surface area (TPSA) is 43.6 Å². The number of fused-ring (bicyclic) bond motifs is 9. The van der Waals surface area contributed by atoms with Gasteiger partial charge in [-0.3, -0.25) is 0 Å². The molecule has 4 aromatic heterocycles. The SMILES string of the molecule is c1ccc(-c2nc(-c3ccc4c(c3)sc3cccc(-c5ccc6c(c5)c5ccccc5n6-c5ccccc5)c34)nc(-c3cccc4sc5ccccc5c34)n2)cc1. The Morgan fingerprint density at radius 3 is 1.74 bits per heavy atom. The van der Waals surface area contributed by atoms with Crippen molar-refractivity contribution in [3.8, 4) is 51.0 Å². The second-order valence-electron chi connectivity index (χ2n) is 14.4. The minimum Gasteiger partial charge on any atom is -0.309 e. The van der Waals surface area contributed by atoms with Crippen LogP contribution in [0.25, 0.3) is 113 Å². The molecule has 57 heavy (non-hydrogen) atoms. The molecular weight excluding hydrogens is 733 g/mol. The summed E-state index contributed by atoms with van der Waals surface area (Å²) in [5.74, 6) is 2.00. The lowest BCUT2D eigenvalue weighted by Gasteiger charge is -2.10. The van der Waals surface area contributed by atoms with Crippen LogP contribution in [0.15, 0.2) is 182 Å². The molecule has 8 aromatic carbocycles. The van der Waals surface area contributed by atoms with Crippen molar-refractivity contribution in [2.75, 3.05) is 0 Å². The van der Waals surface area contributed by atoms with Crippen molar-refractivity contribution in [1.29, 1.82) is 0 Å². The number of hydrogen-bond donors (Lipinski definition) is 0. The zero-order valence-electron chi connectivity index (χ0n) is 30.4. The van der Waals surface area contributed by atoms with Crippen LogP contribution >= 0.6 is 22.7 Å². The zero-order chi connectivity index (χ0) is 37.5. The van der Waals surface area contributed by atoms with Crippen LogP contribution < -0.4 is 0 Å². The fourth-order valence-electron chi connectivity index (χ4n) is 8.50. The first kappa shape index (κ1) is 32.3. The molecule has 0 N–H and O–H groups in total. The summed E-state index contributed by atoms with van der Waals surface area (Å²) in [6.07, 6.45) is 0. The van der Waals surface area contributed by atoms with Gasteiger partial charge in [-0.1, -0.05) is 127 Å². The molecule has 0 radical (unpaired) electrons. The minimum atomic E-state index is 0.662. The Morgan fingerprint density at radius 1 is 0.333 bits per heavy atom. The molecule has 0 aliphatic carbocycles. The molecule has 0 aliphatic heterocycles. The molecule has 12 rings (SSSR count). The summed E-state index contributed by atoms with van der Waals surface area (Å²) >= 11 is 3.62. The van der Waals surface area contributed by atoms with E-state index in [9.17, 15) is 0 Å². The maximum atomic E-state index is 5.22. The van der Waals surface area contributed by atoms with Crippen LogP contribution in [0.5, 0.6) is 0 Å². The number of rotatable bonds is 5. The van der Waals surface area contributed by atoms with E-state index in [1.54, 1.807) is 11.3 Å². The molecule has 12 aromatic rings. The van der Waals surface area contributed by atoms with Crippen LogP contribution in [0.3, 0.4) is 0 Å². The van der Waals surface area contributed by atoms with Crippen molar-refractivity contribution in [3.63, 3.8) is 0 Å². The molecule has 0 saturated carbocycles. The van der Waals surface area contributed by atoms with Crippen molar-refractivity contribution in [3.05, 3.63) is 182 Å².